The van der Waals surface area contributed by atoms with Gasteiger partial charge in [-0.2, -0.15) is 0 Å². The molecule has 0 radical (unpaired) electrons. The Morgan fingerprint density at radius 3 is 1.90 bits per heavy atom. The van der Waals surface area contributed by atoms with Gasteiger partial charge in [-0.15, -0.1) is 0 Å². The quantitative estimate of drug-likeness (QED) is 0.488. The van der Waals surface area contributed by atoms with Crippen molar-refractivity contribution in [2.24, 2.45) is 5.92 Å². The maximum atomic E-state index is 2.34. The summed E-state index contributed by atoms with van der Waals surface area (Å²) in [7, 11) is 2.34. The summed E-state index contributed by atoms with van der Waals surface area (Å²) >= 11 is 0. The Morgan fingerprint density at radius 2 is 1.40 bits per heavy atom. The third kappa shape index (κ3) is 2.77. The summed E-state index contributed by atoms with van der Waals surface area (Å²) in [5, 5.41) is 0. The largest absolute Gasteiger partial charge is 0.101 e. The second kappa shape index (κ2) is 4.82. The molecule has 0 heterocycles. The molecule has 0 spiro atoms. The van der Waals surface area contributed by atoms with Crippen LogP contribution < -0.4 is 0 Å². The highest BCUT2D eigenvalue weighted by Gasteiger charge is 2.07. The maximum Gasteiger partial charge on any atom is 0.101 e. The molecule has 0 bridgehead atoms. The van der Waals surface area contributed by atoms with Crippen LogP contribution in [0.25, 0.3) is 0 Å². The van der Waals surface area contributed by atoms with Gasteiger partial charge in [0.05, 0.1) is 0 Å². The molecule has 1 aliphatic carbocycles. The summed E-state index contributed by atoms with van der Waals surface area (Å²) in [6, 6.07) is 0. The van der Waals surface area contributed by atoms with Crippen molar-refractivity contribution < 1.29 is 0 Å². The zero-order valence-electron chi connectivity index (χ0n) is 7.23. The molecule has 0 N–H and O–H groups in total. The zero-order valence-corrected chi connectivity index (χ0v) is 7.23. The second-order valence-electron chi connectivity index (χ2n) is 3.62. The molecule has 0 aromatic rings. The Kier molecular flexibility index (Phi) is 3.93. The number of rotatable bonds is 1. The summed E-state index contributed by atoms with van der Waals surface area (Å²) in [6.45, 7) is 0. The van der Waals surface area contributed by atoms with E-state index in [0.29, 0.717) is 0 Å². The Hall–Kier alpha value is 0.0649. The van der Waals surface area contributed by atoms with Gasteiger partial charge in [0.1, 0.15) is 7.85 Å². The Bertz CT molecular complexity index is 72.8. The second-order valence-corrected chi connectivity index (χ2v) is 3.62. The lowest BCUT2D eigenvalue weighted by Gasteiger charge is -2.17. The van der Waals surface area contributed by atoms with Gasteiger partial charge in [-0.05, 0) is 5.92 Å². The summed E-state index contributed by atoms with van der Waals surface area (Å²) in [4.78, 5) is 0. The molecule has 0 atom stereocenters. The molecule has 10 heavy (non-hydrogen) atoms. The van der Waals surface area contributed by atoms with Gasteiger partial charge >= 0.3 is 0 Å². The minimum atomic E-state index is 1.07. The van der Waals surface area contributed by atoms with Gasteiger partial charge in [0, 0.05) is 0 Å². The van der Waals surface area contributed by atoms with Gasteiger partial charge in [-0.25, -0.2) is 0 Å². The normalized spacial score (nSPS) is 23.6. The lowest BCUT2D eigenvalue weighted by atomic mass is 9.82. The van der Waals surface area contributed by atoms with Gasteiger partial charge in [-0.1, -0.05) is 51.3 Å². The molecule has 1 rings (SSSR count). The van der Waals surface area contributed by atoms with Crippen LogP contribution in [0.15, 0.2) is 0 Å². The average molecular weight is 138 g/mol. The van der Waals surface area contributed by atoms with Crippen LogP contribution in [0.1, 0.15) is 44.9 Å². The van der Waals surface area contributed by atoms with Crippen molar-refractivity contribution in [1.29, 1.82) is 0 Å². The molecule has 1 heteroatoms. The van der Waals surface area contributed by atoms with E-state index in [9.17, 15) is 0 Å². The van der Waals surface area contributed by atoms with Crippen LogP contribution in [0.4, 0.5) is 0 Å². The molecule has 0 saturated heterocycles. The lowest BCUT2D eigenvalue weighted by molar-refractivity contribution is 0.404. The van der Waals surface area contributed by atoms with Crippen LogP contribution in [0.5, 0.6) is 0 Å². The predicted molar refractivity (Wildman–Crippen MR) is 49.2 cm³/mol. The fourth-order valence-electron chi connectivity index (χ4n) is 1.95. The molecule has 0 aromatic heterocycles. The molecule has 0 unspecified atom stereocenters. The Morgan fingerprint density at radius 1 is 0.900 bits per heavy atom. The third-order valence-corrected chi connectivity index (χ3v) is 2.80. The molecule has 0 aromatic carbocycles. The molecule has 1 saturated carbocycles. The van der Waals surface area contributed by atoms with Crippen LogP contribution in [0.3, 0.4) is 0 Å². The van der Waals surface area contributed by atoms with Gasteiger partial charge in [0.2, 0.25) is 0 Å². The van der Waals surface area contributed by atoms with Crippen LogP contribution >= 0.6 is 0 Å². The molecule has 0 aliphatic heterocycles. The van der Waals surface area contributed by atoms with E-state index in [4.69, 9.17) is 0 Å². The summed E-state index contributed by atoms with van der Waals surface area (Å²) in [5.41, 5.74) is 0. The first kappa shape index (κ1) is 8.16. The van der Waals surface area contributed by atoms with E-state index in [1.165, 1.54) is 51.3 Å². The highest BCUT2D eigenvalue weighted by atomic mass is 14.1. The van der Waals surface area contributed by atoms with Gasteiger partial charge < -0.3 is 0 Å². The molecule has 0 amide bonds. The van der Waals surface area contributed by atoms with E-state index < -0.39 is 0 Å². The van der Waals surface area contributed by atoms with Gasteiger partial charge in [-0.3, -0.25) is 0 Å². The topological polar surface area (TPSA) is 0 Å². The predicted octanol–water partition coefficient (Wildman–Crippen LogP) is 2.40. The Labute approximate surface area is 65.8 Å². The van der Waals surface area contributed by atoms with Crippen molar-refractivity contribution in [2.75, 3.05) is 0 Å². The highest BCUT2D eigenvalue weighted by molar-refractivity contribution is 6.08. The van der Waals surface area contributed by atoms with Crippen molar-refractivity contribution >= 4 is 7.85 Å². The first-order valence-corrected chi connectivity index (χ1v) is 4.93. The minimum absolute atomic E-state index is 1.07. The Balaban J connectivity index is 2.16. The van der Waals surface area contributed by atoms with Crippen LogP contribution in [0.2, 0.25) is 6.32 Å². The number of hydrogen-bond acceptors (Lipinski definition) is 0. The third-order valence-electron chi connectivity index (χ3n) is 2.80. The maximum absolute atomic E-state index is 2.34. The molecule has 1 aliphatic rings. The fraction of sp³-hybridized carbons (Fsp3) is 1.00. The smallest absolute Gasteiger partial charge is 0.0783 e. The molecular weight excluding hydrogens is 119 g/mol. The highest BCUT2D eigenvalue weighted by Crippen LogP contribution is 2.23. The number of hydrogen-bond donors (Lipinski definition) is 0. The zero-order chi connectivity index (χ0) is 7.23. The summed E-state index contributed by atoms with van der Waals surface area (Å²) in [6.07, 6.45) is 11.9. The van der Waals surface area contributed by atoms with Crippen LogP contribution in [-0.4, -0.2) is 7.85 Å². The standard InChI is InChI=1S/C9H19B/c10-8-9-6-4-2-1-3-5-7-9/h9H,1-8,10H2. The minimum Gasteiger partial charge on any atom is -0.0783 e. The molecule has 58 valence electrons. The molecule has 1 fully saturated rings. The van der Waals surface area contributed by atoms with E-state index in [1.807, 2.05) is 0 Å². The lowest BCUT2D eigenvalue weighted by Crippen LogP contribution is -2.02. The SMILES string of the molecule is BCC1CCCCCCC1. The fourth-order valence-corrected chi connectivity index (χ4v) is 1.95. The van der Waals surface area contributed by atoms with E-state index in [1.54, 1.807) is 0 Å². The van der Waals surface area contributed by atoms with Crippen LogP contribution in [-0.2, 0) is 0 Å². The van der Waals surface area contributed by atoms with E-state index >= 15 is 0 Å². The monoisotopic (exact) mass is 138 g/mol. The van der Waals surface area contributed by atoms with Gasteiger partial charge in [0.15, 0.2) is 0 Å². The van der Waals surface area contributed by atoms with Crippen LogP contribution in [0, 0.1) is 5.92 Å². The van der Waals surface area contributed by atoms with Crippen molar-refractivity contribution in [3.8, 4) is 0 Å². The molecular formula is C9H19B. The molecule has 0 nitrogen and oxygen atoms in total. The average Bonchev–Trinajstić information content (AvgIpc) is 1.87. The van der Waals surface area contributed by atoms with Crippen molar-refractivity contribution in [3.05, 3.63) is 0 Å². The van der Waals surface area contributed by atoms with Crippen molar-refractivity contribution in [3.63, 3.8) is 0 Å². The van der Waals surface area contributed by atoms with E-state index in [2.05, 4.69) is 7.85 Å². The van der Waals surface area contributed by atoms with Gasteiger partial charge in [0.25, 0.3) is 0 Å². The van der Waals surface area contributed by atoms with E-state index in [-0.39, 0.29) is 0 Å². The van der Waals surface area contributed by atoms with Crippen molar-refractivity contribution in [1.82, 2.24) is 0 Å². The van der Waals surface area contributed by atoms with Crippen molar-refractivity contribution in [2.45, 2.75) is 51.3 Å². The summed E-state index contributed by atoms with van der Waals surface area (Å²) < 4.78 is 0. The first-order valence-electron chi connectivity index (χ1n) is 4.93. The van der Waals surface area contributed by atoms with E-state index in [0.717, 1.165) is 5.92 Å². The summed E-state index contributed by atoms with van der Waals surface area (Å²) in [5.74, 6) is 1.07. The first-order chi connectivity index (χ1) is 4.93.